The van der Waals surface area contributed by atoms with E-state index in [1.165, 1.54) is 21.9 Å². The zero-order valence-corrected chi connectivity index (χ0v) is 15.0. The van der Waals surface area contributed by atoms with Gasteiger partial charge in [-0.1, -0.05) is 6.07 Å². The molecule has 11 heteroatoms. The molecule has 0 aliphatic carbocycles. The van der Waals surface area contributed by atoms with Gasteiger partial charge in [-0.25, -0.2) is 17.8 Å². The number of halogens is 3. The van der Waals surface area contributed by atoms with Crippen molar-refractivity contribution in [3.63, 3.8) is 0 Å². The van der Waals surface area contributed by atoms with Crippen LogP contribution in [0.2, 0.25) is 0 Å². The quantitative estimate of drug-likeness (QED) is 0.850. The molecule has 1 N–H and O–H groups in total. The molecule has 1 unspecified atom stereocenters. The van der Waals surface area contributed by atoms with Crippen molar-refractivity contribution in [3.8, 4) is 11.6 Å². The fourth-order valence-corrected chi connectivity index (χ4v) is 5.24. The zero-order valence-electron chi connectivity index (χ0n) is 14.1. The molecule has 0 amide bonds. The maximum atomic E-state index is 13.0. The lowest BCUT2D eigenvalue weighted by Gasteiger charge is -2.26. The average Bonchev–Trinajstić information content (AvgIpc) is 3.26. The van der Waals surface area contributed by atoms with Gasteiger partial charge in [0.2, 0.25) is 15.9 Å². The van der Waals surface area contributed by atoms with Crippen LogP contribution in [0.5, 0.6) is 5.88 Å². The van der Waals surface area contributed by atoms with Crippen LogP contribution in [0.15, 0.2) is 29.1 Å². The summed E-state index contributed by atoms with van der Waals surface area (Å²) < 4.78 is 66.8. The van der Waals surface area contributed by atoms with Crippen molar-refractivity contribution >= 4 is 10.0 Å². The number of sulfonamides is 1. The van der Waals surface area contributed by atoms with Crippen molar-refractivity contribution in [1.29, 1.82) is 0 Å². The van der Waals surface area contributed by atoms with Gasteiger partial charge < -0.3 is 5.11 Å². The minimum atomic E-state index is -4.59. The molecule has 2 aliphatic heterocycles. The van der Waals surface area contributed by atoms with E-state index in [0.717, 1.165) is 22.8 Å². The number of aromatic hydroxyl groups is 1. The topological polar surface area (TPSA) is 84.5 Å². The molecule has 2 bridgehead atoms. The number of nitrogens with zero attached hydrogens (tertiary/aromatic N) is 3. The largest absolute Gasteiger partial charge is 0.493 e. The maximum Gasteiger partial charge on any atom is 0.416 e. The summed E-state index contributed by atoms with van der Waals surface area (Å²) in [4.78, 5) is 12.8. The summed E-state index contributed by atoms with van der Waals surface area (Å²) in [7, 11) is -3.53. The molecule has 0 radical (unpaired) electrons. The van der Waals surface area contributed by atoms with Crippen LogP contribution in [0.25, 0.3) is 5.69 Å². The van der Waals surface area contributed by atoms with E-state index in [1.807, 2.05) is 0 Å². The van der Waals surface area contributed by atoms with E-state index in [1.54, 1.807) is 0 Å². The monoisotopic (exact) mass is 403 g/mol. The first-order valence-electron chi connectivity index (χ1n) is 8.29. The predicted octanol–water partition coefficient (Wildman–Crippen LogP) is 2.01. The van der Waals surface area contributed by atoms with Crippen LogP contribution in [0, 0.1) is 0 Å². The first-order chi connectivity index (χ1) is 12.6. The van der Waals surface area contributed by atoms with Gasteiger partial charge in [-0.05, 0) is 31.5 Å². The first kappa shape index (κ1) is 18.1. The van der Waals surface area contributed by atoms with Gasteiger partial charge in [0.05, 0.1) is 29.1 Å². The van der Waals surface area contributed by atoms with Gasteiger partial charge in [0, 0.05) is 6.54 Å². The van der Waals surface area contributed by atoms with E-state index < -0.39 is 45.4 Å². The van der Waals surface area contributed by atoms with E-state index in [0.29, 0.717) is 6.42 Å². The summed E-state index contributed by atoms with van der Waals surface area (Å²) in [6, 6.07) is 2.94. The van der Waals surface area contributed by atoms with Crippen molar-refractivity contribution < 1.29 is 26.7 Å². The smallest absolute Gasteiger partial charge is 0.416 e. The Morgan fingerprint density at radius 3 is 2.63 bits per heavy atom. The molecule has 0 spiro atoms. The minimum Gasteiger partial charge on any atom is -0.493 e. The SMILES string of the molecule is CCS(=O)(=O)N1CC2C[C@@H]1c1c(O)n(-c3cccc(C(F)(F)F)c3)c(=O)n12. The fourth-order valence-electron chi connectivity index (χ4n) is 3.93. The molecule has 7 nitrogen and oxygen atoms in total. The number of hydrogen-bond acceptors (Lipinski definition) is 4. The molecule has 2 aromatic rings. The summed E-state index contributed by atoms with van der Waals surface area (Å²) in [6.45, 7) is 1.61. The van der Waals surface area contributed by atoms with Crippen molar-refractivity contribution in [3.05, 3.63) is 46.0 Å². The van der Waals surface area contributed by atoms with Crippen molar-refractivity contribution in [1.82, 2.24) is 13.4 Å². The molecule has 1 aromatic carbocycles. The van der Waals surface area contributed by atoms with Gasteiger partial charge in [0.25, 0.3) is 0 Å². The van der Waals surface area contributed by atoms with E-state index in [4.69, 9.17) is 0 Å². The Hall–Kier alpha value is -2.27. The first-order valence-corrected chi connectivity index (χ1v) is 9.90. The van der Waals surface area contributed by atoms with Crippen LogP contribution in [-0.4, -0.2) is 39.3 Å². The summed E-state index contributed by atoms with van der Waals surface area (Å²) in [5.74, 6) is -0.641. The molecule has 0 saturated carbocycles. The third-order valence-electron chi connectivity index (χ3n) is 5.17. The standard InChI is InChI=1S/C16H16F3N3O4S/c1-2-27(25,26)20-8-11-7-12(20)13-14(23)22(15(24)21(11)13)10-5-3-4-9(6-10)16(17,18)19/h3-6,11-12,23H,2,7-8H2,1H3/t11?,12-/m1/s1. The molecular weight excluding hydrogens is 387 g/mol. The maximum absolute atomic E-state index is 13.0. The van der Waals surface area contributed by atoms with Crippen LogP contribution >= 0.6 is 0 Å². The number of fused-ring (bicyclic) bond motifs is 5. The highest BCUT2D eigenvalue weighted by atomic mass is 32.2. The minimum absolute atomic E-state index is 0.111. The fraction of sp³-hybridized carbons (Fsp3) is 0.438. The molecule has 2 aliphatic rings. The van der Waals surface area contributed by atoms with Crippen LogP contribution in [-0.2, 0) is 16.2 Å². The molecule has 3 heterocycles. The molecule has 146 valence electrons. The normalized spacial score (nSPS) is 22.4. The second-order valence-corrected chi connectivity index (χ2v) is 8.83. The Balaban J connectivity index is 1.86. The Morgan fingerprint density at radius 1 is 1.30 bits per heavy atom. The number of alkyl halides is 3. The summed E-state index contributed by atoms with van der Waals surface area (Å²) in [6.07, 6.45) is -4.23. The summed E-state index contributed by atoms with van der Waals surface area (Å²) >= 11 is 0. The molecule has 1 saturated heterocycles. The summed E-state index contributed by atoms with van der Waals surface area (Å²) in [5, 5.41) is 10.6. The van der Waals surface area contributed by atoms with Crippen LogP contribution in [0.3, 0.4) is 0 Å². The number of aromatic nitrogens is 2. The van der Waals surface area contributed by atoms with E-state index in [9.17, 15) is 31.5 Å². The molecule has 1 fully saturated rings. The van der Waals surface area contributed by atoms with Gasteiger partial charge in [-0.3, -0.25) is 4.57 Å². The lowest BCUT2D eigenvalue weighted by Crippen LogP contribution is -2.38. The lowest BCUT2D eigenvalue weighted by atomic mass is 10.2. The van der Waals surface area contributed by atoms with E-state index >= 15 is 0 Å². The van der Waals surface area contributed by atoms with Gasteiger partial charge in [0.1, 0.15) is 5.69 Å². The molecule has 27 heavy (non-hydrogen) atoms. The number of hydrogen-bond donors (Lipinski definition) is 1. The average molecular weight is 403 g/mol. The number of imidazole rings is 1. The number of benzene rings is 1. The lowest BCUT2D eigenvalue weighted by molar-refractivity contribution is -0.137. The van der Waals surface area contributed by atoms with Crippen molar-refractivity contribution in [2.24, 2.45) is 0 Å². The molecule has 1 aromatic heterocycles. The Kier molecular flexibility index (Phi) is 3.77. The van der Waals surface area contributed by atoms with Crippen molar-refractivity contribution in [2.45, 2.75) is 31.6 Å². The van der Waals surface area contributed by atoms with Gasteiger partial charge in [0.15, 0.2) is 0 Å². The summed E-state index contributed by atoms with van der Waals surface area (Å²) in [5.41, 5.74) is -1.62. The highest BCUT2D eigenvalue weighted by Crippen LogP contribution is 2.49. The Labute approximate surface area is 152 Å². The zero-order chi connectivity index (χ0) is 19.7. The van der Waals surface area contributed by atoms with E-state index in [-0.39, 0.29) is 23.7 Å². The third kappa shape index (κ3) is 2.52. The Bertz CT molecular complexity index is 1090. The van der Waals surface area contributed by atoms with Gasteiger partial charge in [-0.2, -0.15) is 17.5 Å². The van der Waals surface area contributed by atoms with Crippen LogP contribution in [0.4, 0.5) is 13.2 Å². The van der Waals surface area contributed by atoms with Gasteiger partial charge >= 0.3 is 11.9 Å². The highest BCUT2D eigenvalue weighted by Gasteiger charge is 2.51. The molecule has 4 rings (SSSR count). The van der Waals surface area contributed by atoms with Crippen LogP contribution in [0.1, 0.15) is 36.7 Å². The van der Waals surface area contributed by atoms with Crippen molar-refractivity contribution in [2.75, 3.05) is 12.3 Å². The second-order valence-electron chi connectivity index (χ2n) is 6.62. The van der Waals surface area contributed by atoms with Crippen LogP contribution < -0.4 is 5.69 Å². The molecular formula is C16H16F3N3O4S. The third-order valence-corrected chi connectivity index (χ3v) is 7.01. The highest BCUT2D eigenvalue weighted by molar-refractivity contribution is 7.89. The second kappa shape index (κ2) is 5.61. The number of rotatable bonds is 3. The molecule has 2 atom stereocenters. The Morgan fingerprint density at radius 2 is 2.00 bits per heavy atom. The van der Waals surface area contributed by atoms with E-state index in [2.05, 4.69) is 0 Å². The van der Waals surface area contributed by atoms with Gasteiger partial charge in [-0.15, -0.1) is 0 Å². The predicted molar refractivity (Wildman–Crippen MR) is 89.3 cm³/mol.